The molecule has 0 radical (unpaired) electrons. The number of rotatable bonds is 5. The Bertz CT molecular complexity index is 492. The van der Waals surface area contributed by atoms with Crippen molar-refractivity contribution in [2.45, 2.75) is 11.1 Å². The van der Waals surface area contributed by atoms with Crippen LogP contribution in [0.2, 0.25) is 0 Å². The smallest absolute Gasteiger partial charge is 0.403 e. The van der Waals surface area contributed by atoms with Crippen molar-refractivity contribution in [1.82, 2.24) is 0 Å². The van der Waals surface area contributed by atoms with Gasteiger partial charge in [0.1, 0.15) is 0 Å². The number of alkyl halides is 3. The lowest BCUT2D eigenvalue weighted by molar-refractivity contribution is -0.387. The van der Waals surface area contributed by atoms with E-state index in [2.05, 4.69) is 0 Å². The third kappa shape index (κ3) is 4.12. The number of hydrogen-bond acceptors (Lipinski definition) is 4. The lowest BCUT2D eigenvalue weighted by Gasteiger charge is -2.15. The minimum atomic E-state index is -4.89. The van der Waals surface area contributed by atoms with Crippen LogP contribution in [0.25, 0.3) is 0 Å². The van der Waals surface area contributed by atoms with Gasteiger partial charge in [-0.25, -0.2) is 0 Å². The highest BCUT2D eigenvalue weighted by Gasteiger charge is 2.45. The zero-order valence-electron chi connectivity index (χ0n) is 9.26. The second-order valence-electron chi connectivity index (χ2n) is 3.47. The Labute approximate surface area is 109 Å². The van der Waals surface area contributed by atoms with E-state index in [4.69, 9.17) is 5.11 Å². The maximum atomic E-state index is 12.4. The molecule has 0 fully saturated rings. The number of carbonyl (C=O) groups is 1. The first-order chi connectivity index (χ1) is 8.73. The monoisotopic (exact) mass is 295 g/mol. The summed E-state index contributed by atoms with van der Waals surface area (Å²) < 4.78 is 37.2. The van der Waals surface area contributed by atoms with E-state index in [1.54, 1.807) is 0 Å². The zero-order chi connectivity index (χ0) is 14.6. The van der Waals surface area contributed by atoms with Crippen LogP contribution in [0.3, 0.4) is 0 Å². The summed E-state index contributed by atoms with van der Waals surface area (Å²) in [4.78, 5) is 20.4. The van der Waals surface area contributed by atoms with Gasteiger partial charge in [0.2, 0.25) is 0 Å². The van der Waals surface area contributed by atoms with E-state index >= 15 is 0 Å². The third-order valence-electron chi connectivity index (χ3n) is 2.16. The van der Waals surface area contributed by atoms with Gasteiger partial charge in [-0.1, -0.05) is 12.1 Å². The van der Waals surface area contributed by atoms with Gasteiger partial charge in [-0.2, -0.15) is 13.2 Å². The number of aliphatic carboxylic acids is 1. The van der Waals surface area contributed by atoms with Crippen LogP contribution in [0.1, 0.15) is 0 Å². The summed E-state index contributed by atoms with van der Waals surface area (Å²) in [7, 11) is 0. The highest BCUT2D eigenvalue weighted by atomic mass is 32.2. The van der Waals surface area contributed by atoms with Gasteiger partial charge in [-0.3, -0.25) is 14.9 Å². The average molecular weight is 295 g/mol. The predicted octanol–water partition coefficient (Wildman–Crippen LogP) is 2.95. The van der Waals surface area contributed by atoms with E-state index < -0.39 is 28.7 Å². The van der Waals surface area contributed by atoms with Crippen molar-refractivity contribution in [2.75, 3.05) is 5.75 Å². The number of halogens is 3. The Morgan fingerprint density at radius 2 is 2.00 bits per heavy atom. The molecule has 0 amide bonds. The van der Waals surface area contributed by atoms with Gasteiger partial charge in [-0.15, -0.1) is 11.8 Å². The Morgan fingerprint density at radius 3 is 2.47 bits per heavy atom. The van der Waals surface area contributed by atoms with E-state index in [0.29, 0.717) is 11.8 Å². The quantitative estimate of drug-likeness (QED) is 0.513. The van der Waals surface area contributed by atoms with Crippen LogP contribution >= 0.6 is 11.8 Å². The van der Waals surface area contributed by atoms with Crippen LogP contribution in [0.4, 0.5) is 18.9 Å². The molecule has 1 aromatic carbocycles. The summed E-state index contributed by atoms with van der Waals surface area (Å²) in [5, 5.41) is 19.1. The Kier molecular flexibility index (Phi) is 4.76. The predicted molar refractivity (Wildman–Crippen MR) is 61.0 cm³/mol. The van der Waals surface area contributed by atoms with Crippen LogP contribution in [0.15, 0.2) is 29.2 Å². The van der Waals surface area contributed by atoms with E-state index in [1.807, 2.05) is 0 Å². The van der Waals surface area contributed by atoms with Crippen LogP contribution in [0, 0.1) is 16.0 Å². The largest absolute Gasteiger partial charge is 0.481 e. The second-order valence-corrected chi connectivity index (χ2v) is 4.53. The van der Waals surface area contributed by atoms with E-state index in [0.717, 1.165) is 6.07 Å². The molecular weight excluding hydrogens is 287 g/mol. The van der Waals surface area contributed by atoms with Gasteiger partial charge < -0.3 is 5.11 Å². The topological polar surface area (TPSA) is 80.4 Å². The van der Waals surface area contributed by atoms with E-state index in [-0.39, 0.29) is 10.6 Å². The minimum Gasteiger partial charge on any atom is -0.481 e. The molecule has 104 valence electrons. The number of hydrogen-bond donors (Lipinski definition) is 1. The molecule has 0 aliphatic rings. The number of carboxylic acids is 1. The van der Waals surface area contributed by atoms with Gasteiger partial charge in [0.05, 0.1) is 9.82 Å². The average Bonchev–Trinajstić information content (AvgIpc) is 2.27. The number of thioether (sulfide) groups is 1. The molecule has 19 heavy (non-hydrogen) atoms. The molecule has 9 heteroatoms. The molecule has 1 N–H and O–H groups in total. The van der Waals surface area contributed by atoms with Crippen molar-refractivity contribution < 1.29 is 28.0 Å². The Balaban J connectivity index is 2.87. The fourth-order valence-electron chi connectivity index (χ4n) is 1.21. The molecule has 1 unspecified atom stereocenters. The molecule has 0 spiro atoms. The van der Waals surface area contributed by atoms with Crippen LogP contribution in [0.5, 0.6) is 0 Å². The summed E-state index contributed by atoms with van der Waals surface area (Å²) in [5.41, 5.74) is -0.348. The summed E-state index contributed by atoms with van der Waals surface area (Å²) >= 11 is 0.496. The molecule has 0 heterocycles. The van der Waals surface area contributed by atoms with Crippen molar-refractivity contribution in [3.8, 4) is 0 Å². The number of nitro benzene ring substituents is 1. The second kappa shape index (κ2) is 5.91. The van der Waals surface area contributed by atoms with Gasteiger partial charge in [0.15, 0.2) is 5.92 Å². The molecule has 0 bridgehead atoms. The van der Waals surface area contributed by atoms with Crippen molar-refractivity contribution in [3.05, 3.63) is 34.4 Å². The van der Waals surface area contributed by atoms with Gasteiger partial charge in [-0.05, 0) is 6.07 Å². The van der Waals surface area contributed by atoms with Crippen molar-refractivity contribution >= 4 is 23.4 Å². The molecule has 0 saturated carbocycles. The lowest BCUT2D eigenvalue weighted by Crippen LogP contribution is -2.32. The first-order valence-electron chi connectivity index (χ1n) is 4.89. The SMILES string of the molecule is O=C(O)C(CSc1ccccc1[N+](=O)[O-])C(F)(F)F. The van der Waals surface area contributed by atoms with Gasteiger partial charge >= 0.3 is 12.1 Å². The molecule has 0 saturated heterocycles. The molecule has 1 aromatic rings. The summed E-state index contributed by atoms with van der Waals surface area (Å²) in [6.07, 6.45) is -4.89. The summed E-state index contributed by atoms with van der Waals surface area (Å²) in [6, 6.07) is 5.23. The normalized spacial score (nSPS) is 13.0. The fraction of sp³-hybridized carbons (Fsp3) is 0.300. The van der Waals surface area contributed by atoms with Crippen molar-refractivity contribution in [2.24, 2.45) is 5.92 Å². The number of nitro groups is 1. The van der Waals surface area contributed by atoms with Crippen molar-refractivity contribution in [3.63, 3.8) is 0 Å². The van der Waals surface area contributed by atoms with E-state index in [1.165, 1.54) is 18.2 Å². The van der Waals surface area contributed by atoms with Crippen LogP contribution < -0.4 is 0 Å². The lowest BCUT2D eigenvalue weighted by atomic mass is 10.2. The molecule has 0 aromatic heterocycles. The molecule has 1 rings (SSSR count). The zero-order valence-corrected chi connectivity index (χ0v) is 10.1. The Hall–Kier alpha value is -1.77. The highest BCUT2D eigenvalue weighted by molar-refractivity contribution is 7.99. The number of carboxylic acid groups (broad SMARTS) is 1. The van der Waals surface area contributed by atoms with Crippen LogP contribution in [-0.2, 0) is 4.79 Å². The number of nitrogens with zero attached hydrogens (tertiary/aromatic N) is 1. The van der Waals surface area contributed by atoms with Crippen molar-refractivity contribution in [1.29, 1.82) is 0 Å². The standard InChI is InChI=1S/C10H8F3NO4S/c11-10(12,13)6(9(15)16)5-19-8-4-2-1-3-7(8)14(17)18/h1-4,6H,5H2,(H,15,16). The van der Waals surface area contributed by atoms with Gasteiger partial charge in [0.25, 0.3) is 5.69 Å². The number of para-hydroxylation sites is 1. The van der Waals surface area contributed by atoms with Gasteiger partial charge in [0, 0.05) is 11.8 Å². The summed E-state index contributed by atoms with van der Waals surface area (Å²) in [6.45, 7) is 0. The minimum absolute atomic E-state index is 0.00278. The number of benzene rings is 1. The Morgan fingerprint density at radius 1 is 1.42 bits per heavy atom. The molecular formula is C10H8F3NO4S. The third-order valence-corrected chi connectivity index (χ3v) is 3.32. The molecule has 0 aliphatic heterocycles. The highest BCUT2D eigenvalue weighted by Crippen LogP contribution is 2.35. The first-order valence-corrected chi connectivity index (χ1v) is 5.87. The first kappa shape index (κ1) is 15.3. The summed E-state index contributed by atoms with van der Waals surface area (Å²) in [5.74, 6) is -5.38. The molecule has 5 nitrogen and oxygen atoms in total. The van der Waals surface area contributed by atoms with Crippen LogP contribution in [-0.4, -0.2) is 27.9 Å². The maximum absolute atomic E-state index is 12.4. The maximum Gasteiger partial charge on any atom is 0.403 e. The molecule has 0 aliphatic carbocycles. The van der Waals surface area contributed by atoms with E-state index in [9.17, 15) is 28.1 Å². The molecule has 1 atom stereocenters. The fourth-order valence-corrected chi connectivity index (χ4v) is 2.35.